The van der Waals surface area contributed by atoms with Crippen LogP contribution in [0, 0.1) is 11.8 Å². The van der Waals surface area contributed by atoms with E-state index in [1.165, 1.54) is 0 Å². The maximum Gasteiger partial charge on any atom is 0.326 e. The zero-order valence-corrected chi connectivity index (χ0v) is 19.3. The van der Waals surface area contributed by atoms with Crippen LogP contribution >= 0.6 is 0 Å². The van der Waals surface area contributed by atoms with Gasteiger partial charge in [-0.2, -0.15) is 0 Å². The Morgan fingerprint density at radius 1 is 0.727 bits per heavy atom. The van der Waals surface area contributed by atoms with Crippen LogP contribution in [0.2, 0.25) is 0 Å². The summed E-state index contributed by atoms with van der Waals surface area (Å²) >= 11 is 0. The molecule has 0 saturated carbocycles. The Hall–Kier alpha value is -3.22. The molecule has 0 radical (unpaired) electrons. The fraction of sp³-hybridized carbons (Fsp3) is 0.700. The van der Waals surface area contributed by atoms with Crippen LogP contribution in [0.5, 0.6) is 0 Å². The van der Waals surface area contributed by atoms with Gasteiger partial charge in [-0.05, 0) is 24.7 Å². The second kappa shape index (κ2) is 14.0. The van der Waals surface area contributed by atoms with E-state index in [-0.39, 0.29) is 25.7 Å². The summed E-state index contributed by atoms with van der Waals surface area (Å²) in [5, 5.41) is 25.3. The Morgan fingerprint density at radius 3 is 1.58 bits per heavy atom. The summed E-state index contributed by atoms with van der Waals surface area (Å²) in [6, 6.07) is -4.73. The first kappa shape index (κ1) is 29.8. The lowest BCUT2D eigenvalue weighted by Gasteiger charge is -2.28. The Bertz CT molecular complexity index is 740. The van der Waals surface area contributed by atoms with E-state index in [0.717, 1.165) is 0 Å². The first-order valence-electron chi connectivity index (χ1n) is 10.6. The van der Waals surface area contributed by atoms with E-state index in [1.54, 1.807) is 27.7 Å². The van der Waals surface area contributed by atoms with E-state index in [1.807, 2.05) is 0 Å². The molecule has 0 saturated heterocycles. The Balaban J connectivity index is 5.32. The summed E-state index contributed by atoms with van der Waals surface area (Å²) in [6.45, 7) is 6.58. The largest absolute Gasteiger partial charge is 0.481 e. The van der Waals surface area contributed by atoms with Gasteiger partial charge in [0.2, 0.25) is 23.6 Å². The van der Waals surface area contributed by atoms with Gasteiger partial charge in [-0.25, -0.2) is 4.79 Å². The molecule has 0 spiro atoms. The standard InChI is InChI=1S/C20H35N5O8/c1-9(2)15(18(30)23-12(20(32)33)6-7-13(22)26)25-19(31)16(10(3)4)24-17(29)11(21)5-8-14(27)28/h9-12,15-16H,5-8,21H2,1-4H3,(H2,22,26)(H,23,30)(H,24,29)(H,25,31)(H,27,28)(H,32,33). The normalized spacial score (nSPS) is 14.6. The second-order valence-electron chi connectivity index (χ2n) is 8.40. The molecule has 0 aliphatic carbocycles. The molecule has 13 heteroatoms. The highest BCUT2D eigenvalue weighted by molar-refractivity contribution is 5.94. The van der Waals surface area contributed by atoms with Crippen molar-refractivity contribution in [3.8, 4) is 0 Å². The molecular formula is C20H35N5O8. The van der Waals surface area contributed by atoms with Gasteiger partial charge < -0.3 is 37.6 Å². The van der Waals surface area contributed by atoms with Gasteiger partial charge >= 0.3 is 11.9 Å². The monoisotopic (exact) mass is 473 g/mol. The first-order chi connectivity index (χ1) is 15.2. The molecule has 0 bridgehead atoms. The molecule has 0 aromatic rings. The van der Waals surface area contributed by atoms with Gasteiger partial charge in [-0.3, -0.25) is 24.0 Å². The van der Waals surface area contributed by atoms with Gasteiger partial charge in [-0.1, -0.05) is 27.7 Å². The quantitative estimate of drug-likeness (QED) is 0.143. The van der Waals surface area contributed by atoms with Crippen molar-refractivity contribution in [3.05, 3.63) is 0 Å². The number of carboxylic acid groups (broad SMARTS) is 2. The number of aliphatic carboxylic acids is 2. The average Bonchev–Trinajstić information content (AvgIpc) is 2.69. The predicted octanol–water partition coefficient (Wildman–Crippen LogP) is -1.70. The number of amides is 4. The van der Waals surface area contributed by atoms with Crippen LogP contribution < -0.4 is 27.4 Å². The van der Waals surface area contributed by atoms with Gasteiger partial charge in [0.1, 0.15) is 18.1 Å². The van der Waals surface area contributed by atoms with Gasteiger partial charge in [0.05, 0.1) is 6.04 Å². The smallest absolute Gasteiger partial charge is 0.326 e. The number of primary amides is 1. The van der Waals surface area contributed by atoms with Crippen LogP contribution in [0.15, 0.2) is 0 Å². The maximum absolute atomic E-state index is 12.8. The van der Waals surface area contributed by atoms with Gasteiger partial charge in [-0.15, -0.1) is 0 Å². The fourth-order valence-corrected chi connectivity index (χ4v) is 2.79. The highest BCUT2D eigenvalue weighted by Crippen LogP contribution is 2.09. The number of carbonyl (C=O) groups excluding carboxylic acids is 4. The SMILES string of the molecule is CC(C)C(NC(=O)C(N)CCC(=O)O)C(=O)NC(C(=O)NC(CCC(N)=O)C(=O)O)C(C)C. The predicted molar refractivity (Wildman–Crippen MR) is 116 cm³/mol. The third-order valence-electron chi connectivity index (χ3n) is 4.79. The lowest BCUT2D eigenvalue weighted by molar-refractivity contribution is -0.143. The molecular weight excluding hydrogens is 438 g/mol. The van der Waals surface area contributed by atoms with Crippen LogP contribution in [0.25, 0.3) is 0 Å². The van der Waals surface area contributed by atoms with E-state index >= 15 is 0 Å². The number of carbonyl (C=O) groups is 6. The zero-order chi connectivity index (χ0) is 25.9. The summed E-state index contributed by atoms with van der Waals surface area (Å²) in [4.78, 5) is 70.8. The molecule has 0 heterocycles. The second-order valence-corrected chi connectivity index (χ2v) is 8.40. The Morgan fingerprint density at radius 2 is 1.18 bits per heavy atom. The lowest BCUT2D eigenvalue weighted by atomic mass is 9.98. The molecule has 0 fully saturated rings. The number of carboxylic acids is 2. The summed E-state index contributed by atoms with van der Waals surface area (Å²) in [7, 11) is 0. The molecule has 0 aromatic heterocycles. The molecule has 4 unspecified atom stereocenters. The van der Waals surface area contributed by atoms with Crippen LogP contribution in [0.4, 0.5) is 0 Å². The number of hydrogen-bond donors (Lipinski definition) is 7. The minimum Gasteiger partial charge on any atom is -0.481 e. The minimum atomic E-state index is -1.38. The van der Waals surface area contributed by atoms with Gasteiger partial charge in [0.25, 0.3) is 0 Å². The van der Waals surface area contributed by atoms with Crippen LogP contribution in [-0.4, -0.2) is 69.9 Å². The van der Waals surface area contributed by atoms with Crippen molar-refractivity contribution < 1.29 is 39.0 Å². The van der Waals surface area contributed by atoms with Crippen LogP contribution in [0.3, 0.4) is 0 Å². The molecule has 0 aromatic carbocycles. The molecule has 4 atom stereocenters. The molecule has 13 nitrogen and oxygen atoms in total. The average molecular weight is 474 g/mol. The first-order valence-corrected chi connectivity index (χ1v) is 10.6. The van der Waals surface area contributed by atoms with E-state index in [2.05, 4.69) is 16.0 Å². The summed E-state index contributed by atoms with van der Waals surface area (Å²) in [5.74, 6) is -6.23. The highest BCUT2D eigenvalue weighted by atomic mass is 16.4. The van der Waals surface area contributed by atoms with Gasteiger partial charge in [0, 0.05) is 12.8 Å². The third-order valence-corrected chi connectivity index (χ3v) is 4.79. The molecule has 4 amide bonds. The topological polar surface area (TPSA) is 231 Å². The molecule has 33 heavy (non-hydrogen) atoms. The van der Waals surface area contributed by atoms with E-state index < -0.39 is 71.6 Å². The van der Waals surface area contributed by atoms with Gasteiger partial charge in [0.15, 0.2) is 0 Å². The molecule has 0 rings (SSSR count). The van der Waals surface area contributed by atoms with Crippen molar-refractivity contribution in [2.45, 2.75) is 77.5 Å². The van der Waals surface area contributed by atoms with E-state index in [0.29, 0.717) is 0 Å². The van der Waals surface area contributed by atoms with E-state index in [9.17, 15) is 33.9 Å². The zero-order valence-electron chi connectivity index (χ0n) is 19.3. The van der Waals surface area contributed by atoms with Crippen molar-refractivity contribution in [1.29, 1.82) is 0 Å². The Labute approximate surface area is 192 Å². The lowest BCUT2D eigenvalue weighted by Crippen LogP contribution is -2.59. The van der Waals surface area contributed by atoms with Crippen LogP contribution in [-0.2, 0) is 28.8 Å². The van der Waals surface area contributed by atoms with Crippen molar-refractivity contribution in [2.75, 3.05) is 0 Å². The maximum atomic E-state index is 12.8. The van der Waals surface area contributed by atoms with Crippen molar-refractivity contribution in [2.24, 2.45) is 23.3 Å². The van der Waals surface area contributed by atoms with E-state index in [4.69, 9.17) is 16.6 Å². The summed E-state index contributed by atoms with van der Waals surface area (Å²) in [6.07, 6.45) is -0.899. The Kier molecular flexibility index (Phi) is 12.7. The number of nitrogens with two attached hydrogens (primary N) is 2. The third kappa shape index (κ3) is 11.3. The summed E-state index contributed by atoms with van der Waals surface area (Å²) in [5.41, 5.74) is 10.7. The summed E-state index contributed by atoms with van der Waals surface area (Å²) < 4.78 is 0. The van der Waals surface area contributed by atoms with Crippen molar-refractivity contribution in [1.82, 2.24) is 16.0 Å². The van der Waals surface area contributed by atoms with Crippen molar-refractivity contribution >= 4 is 35.6 Å². The molecule has 188 valence electrons. The molecule has 9 N–H and O–H groups in total. The molecule has 0 aliphatic rings. The minimum absolute atomic E-state index is 0.119. The van der Waals surface area contributed by atoms with Crippen molar-refractivity contribution in [3.63, 3.8) is 0 Å². The number of rotatable bonds is 15. The molecule has 0 aliphatic heterocycles. The highest BCUT2D eigenvalue weighted by Gasteiger charge is 2.33. The number of nitrogens with one attached hydrogen (secondary N) is 3. The van der Waals surface area contributed by atoms with Crippen LogP contribution in [0.1, 0.15) is 53.4 Å². The number of hydrogen-bond acceptors (Lipinski definition) is 7. The fourth-order valence-electron chi connectivity index (χ4n) is 2.79.